The minimum atomic E-state index is -1.40. The summed E-state index contributed by atoms with van der Waals surface area (Å²) >= 11 is 0. The summed E-state index contributed by atoms with van der Waals surface area (Å²) in [6.07, 6.45) is 0.0594. The Kier molecular flexibility index (Phi) is 4.76. The number of rotatable bonds is 6. The van der Waals surface area contributed by atoms with Crippen LogP contribution in [0.1, 0.15) is 12.8 Å². The molecular formula is C8H13NO4. The largest absolute Gasteiger partial charge is 0.481 e. The van der Waals surface area contributed by atoms with Crippen LogP contribution in [0.4, 0.5) is 0 Å². The van der Waals surface area contributed by atoms with Gasteiger partial charge in [0, 0.05) is 0 Å². The van der Waals surface area contributed by atoms with Crippen LogP contribution in [-0.2, 0) is 9.59 Å². The van der Waals surface area contributed by atoms with Crippen molar-refractivity contribution >= 4 is 11.9 Å². The number of carbonyl (C=O) groups is 2. The average molecular weight is 187 g/mol. The van der Waals surface area contributed by atoms with Crippen molar-refractivity contribution < 1.29 is 19.8 Å². The number of hydrogen-bond acceptors (Lipinski definition) is 3. The standard InChI is InChI=1S/C8H13NO4/c1-2-3-5(8(12)13)4-6(10)7(9)11/h2,5-6,10H,1,3-4H2,(H2,9,11)(H,12,13). The summed E-state index contributed by atoms with van der Waals surface area (Å²) in [6, 6.07) is 0. The van der Waals surface area contributed by atoms with E-state index in [0.29, 0.717) is 0 Å². The third kappa shape index (κ3) is 4.27. The number of primary amides is 1. The van der Waals surface area contributed by atoms with Crippen LogP contribution >= 0.6 is 0 Å². The molecule has 0 aliphatic heterocycles. The van der Waals surface area contributed by atoms with Gasteiger partial charge in [-0.2, -0.15) is 0 Å². The second kappa shape index (κ2) is 5.31. The van der Waals surface area contributed by atoms with Crippen molar-refractivity contribution in [3.8, 4) is 0 Å². The number of aliphatic hydroxyl groups excluding tert-OH is 1. The third-order valence-electron chi connectivity index (χ3n) is 1.64. The Morgan fingerprint density at radius 3 is 2.38 bits per heavy atom. The first-order valence-corrected chi connectivity index (χ1v) is 3.80. The second-order valence-electron chi connectivity index (χ2n) is 2.71. The van der Waals surface area contributed by atoms with Crippen LogP contribution < -0.4 is 5.73 Å². The molecule has 1 amide bonds. The summed E-state index contributed by atoms with van der Waals surface area (Å²) in [5, 5.41) is 17.6. The monoisotopic (exact) mass is 187 g/mol. The molecule has 0 aliphatic carbocycles. The van der Waals surface area contributed by atoms with Crippen LogP contribution in [0.15, 0.2) is 12.7 Å². The van der Waals surface area contributed by atoms with Crippen LogP contribution in [0.5, 0.6) is 0 Å². The van der Waals surface area contributed by atoms with Crippen molar-refractivity contribution in [2.24, 2.45) is 11.7 Å². The lowest BCUT2D eigenvalue weighted by molar-refractivity contribution is -0.143. The molecule has 0 rings (SSSR count). The van der Waals surface area contributed by atoms with Crippen LogP contribution in [0.25, 0.3) is 0 Å². The number of aliphatic hydroxyl groups is 1. The number of hydrogen-bond donors (Lipinski definition) is 3. The first-order chi connectivity index (χ1) is 5.99. The highest BCUT2D eigenvalue weighted by Gasteiger charge is 2.22. The molecule has 0 aromatic heterocycles. The van der Waals surface area contributed by atoms with Gasteiger partial charge in [0.2, 0.25) is 5.91 Å². The fourth-order valence-corrected chi connectivity index (χ4v) is 0.885. The van der Waals surface area contributed by atoms with Crippen LogP contribution in [0.2, 0.25) is 0 Å². The molecule has 0 aromatic rings. The molecule has 0 saturated heterocycles. The van der Waals surface area contributed by atoms with Crippen molar-refractivity contribution in [3.63, 3.8) is 0 Å². The van der Waals surface area contributed by atoms with E-state index in [1.807, 2.05) is 0 Å². The van der Waals surface area contributed by atoms with E-state index in [-0.39, 0.29) is 12.8 Å². The summed E-state index contributed by atoms with van der Waals surface area (Å²) < 4.78 is 0. The van der Waals surface area contributed by atoms with Gasteiger partial charge in [0.1, 0.15) is 6.10 Å². The van der Waals surface area contributed by atoms with Crippen molar-refractivity contribution in [3.05, 3.63) is 12.7 Å². The van der Waals surface area contributed by atoms with E-state index in [2.05, 4.69) is 6.58 Å². The van der Waals surface area contributed by atoms with Crippen molar-refractivity contribution in [1.29, 1.82) is 0 Å². The molecule has 2 unspecified atom stereocenters. The van der Waals surface area contributed by atoms with E-state index in [9.17, 15) is 9.59 Å². The topological polar surface area (TPSA) is 101 Å². The lowest BCUT2D eigenvalue weighted by Crippen LogP contribution is -2.32. The molecule has 2 atom stereocenters. The third-order valence-corrected chi connectivity index (χ3v) is 1.64. The van der Waals surface area contributed by atoms with Gasteiger partial charge < -0.3 is 15.9 Å². The highest BCUT2D eigenvalue weighted by atomic mass is 16.4. The van der Waals surface area contributed by atoms with Crippen LogP contribution in [0.3, 0.4) is 0 Å². The van der Waals surface area contributed by atoms with Crippen molar-refractivity contribution in [2.75, 3.05) is 0 Å². The first kappa shape index (κ1) is 11.6. The SMILES string of the molecule is C=CCC(CC(O)C(N)=O)C(=O)O. The molecule has 0 heterocycles. The molecule has 5 nitrogen and oxygen atoms in total. The Labute approximate surface area is 75.9 Å². The van der Waals surface area contributed by atoms with Gasteiger partial charge in [0.15, 0.2) is 0 Å². The summed E-state index contributed by atoms with van der Waals surface area (Å²) in [7, 11) is 0. The number of carbonyl (C=O) groups excluding carboxylic acids is 1. The maximum absolute atomic E-state index is 10.5. The highest BCUT2D eigenvalue weighted by Crippen LogP contribution is 2.12. The Morgan fingerprint density at radius 2 is 2.08 bits per heavy atom. The van der Waals surface area contributed by atoms with Gasteiger partial charge in [-0.1, -0.05) is 6.08 Å². The zero-order chi connectivity index (χ0) is 10.4. The summed E-state index contributed by atoms with van der Waals surface area (Å²) in [6.45, 7) is 3.37. The van der Waals surface area contributed by atoms with E-state index >= 15 is 0 Å². The van der Waals surface area contributed by atoms with E-state index in [0.717, 1.165) is 0 Å². The van der Waals surface area contributed by atoms with Crippen molar-refractivity contribution in [2.45, 2.75) is 18.9 Å². The van der Waals surface area contributed by atoms with Gasteiger partial charge in [0.05, 0.1) is 5.92 Å². The van der Waals surface area contributed by atoms with Crippen molar-refractivity contribution in [1.82, 2.24) is 0 Å². The fourth-order valence-electron chi connectivity index (χ4n) is 0.885. The highest BCUT2D eigenvalue weighted by molar-refractivity contribution is 5.79. The predicted octanol–water partition coefficient (Wildman–Crippen LogP) is -0.500. The minimum Gasteiger partial charge on any atom is -0.481 e. The number of nitrogens with two attached hydrogens (primary N) is 1. The smallest absolute Gasteiger partial charge is 0.306 e. The molecule has 0 aliphatic rings. The number of amides is 1. The zero-order valence-electron chi connectivity index (χ0n) is 7.14. The average Bonchev–Trinajstić information content (AvgIpc) is 2.03. The number of carboxylic acids is 1. The predicted molar refractivity (Wildman–Crippen MR) is 45.8 cm³/mol. The molecule has 0 fully saturated rings. The maximum Gasteiger partial charge on any atom is 0.306 e. The van der Waals surface area contributed by atoms with Gasteiger partial charge in [0.25, 0.3) is 0 Å². The first-order valence-electron chi connectivity index (χ1n) is 3.80. The van der Waals surface area contributed by atoms with E-state index in [1.54, 1.807) is 0 Å². The van der Waals surface area contributed by atoms with E-state index in [1.165, 1.54) is 6.08 Å². The molecule has 4 N–H and O–H groups in total. The molecule has 0 saturated carbocycles. The summed E-state index contributed by atoms with van der Waals surface area (Å²) in [5.41, 5.74) is 4.77. The molecular weight excluding hydrogens is 174 g/mol. The Bertz CT molecular complexity index is 214. The Morgan fingerprint density at radius 1 is 1.54 bits per heavy atom. The molecule has 13 heavy (non-hydrogen) atoms. The van der Waals surface area contributed by atoms with Gasteiger partial charge >= 0.3 is 5.97 Å². The number of carboxylic acid groups (broad SMARTS) is 1. The second-order valence-corrected chi connectivity index (χ2v) is 2.71. The quantitative estimate of drug-likeness (QED) is 0.488. The van der Waals surface area contributed by atoms with Crippen LogP contribution in [-0.4, -0.2) is 28.2 Å². The maximum atomic E-state index is 10.5. The van der Waals surface area contributed by atoms with E-state index < -0.39 is 23.9 Å². The van der Waals surface area contributed by atoms with Gasteiger partial charge in [-0.3, -0.25) is 9.59 Å². The fraction of sp³-hybridized carbons (Fsp3) is 0.500. The minimum absolute atomic E-state index is 0.170. The summed E-state index contributed by atoms with van der Waals surface area (Å²) in [4.78, 5) is 21.0. The lowest BCUT2D eigenvalue weighted by Gasteiger charge is -2.12. The molecule has 0 bridgehead atoms. The molecule has 0 radical (unpaired) electrons. The molecule has 74 valence electrons. The Hall–Kier alpha value is -1.36. The zero-order valence-corrected chi connectivity index (χ0v) is 7.14. The number of allylic oxidation sites excluding steroid dienone is 1. The van der Waals surface area contributed by atoms with Gasteiger partial charge in [-0.15, -0.1) is 6.58 Å². The molecule has 5 heteroatoms. The Balaban J connectivity index is 4.16. The molecule has 0 spiro atoms. The number of aliphatic carboxylic acids is 1. The molecule has 0 aromatic carbocycles. The van der Waals surface area contributed by atoms with Gasteiger partial charge in [-0.05, 0) is 12.8 Å². The normalized spacial score (nSPS) is 14.5. The lowest BCUT2D eigenvalue weighted by atomic mass is 9.98. The summed E-state index contributed by atoms with van der Waals surface area (Å²) in [5.74, 6) is -2.78. The van der Waals surface area contributed by atoms with Crippen LogP contribution in [0, 0.1) is 5.92 Å². The van der Waals surface area contributed by atoms with Gasteiger partial charge in [-0.25, -0.2) is 0 Å². The van der Waals surface area contributed by atoms with E-state index in [4.69, 9.17) is 15.9 Å².